The number of amides is 1. The molecule has 7 nitrogen and oxygen atoms in total. The molecular formula is C21H18N2O5S. The van der Waals surface area contributed by atoms with Gasteiger partial charge in [-0.3, -0.25) is 19.3 Å². The average Bonchev–Trinajstić information content (AvgIpc) is 3.26. The highest BCUT2D eigenvalue weighted by Crippen LogP contribution is 2.45. The number of benzene rings is 2. The summed E-state index contributed by atoms with van der Waals surface area (Å²) < 4.78 is 11.6. The Bertz CT molecular complexity index is 1110. The molecule has 3 aromatic rings. The highest BCUT2D eigenvalue weighted by atomic mass is 32.1. The molecule has 0 spiro atoms. The molecule has 0 radical (unpaired) electrons. The number of hydrogen-bond donors (Lipinski definition) is 0. The van der Waals surface area contributed by atoms with Crippen molar-refractivity contribution in [1.82, 2.24) is 4.98 Å². The van der Waals surface area contributed by atoms with Gasteiger partial charge in [0.2, 0.25) is 5.78 Å². The number of thiazole rings is 1. The second-order valence-corrected chi connectivity index (χ2v) is 7.65. The van der Waals surface area contributed by atoms with Crippen LogP contribution in [0.15, 0.2) is 42.5 Å². The van der Waals surface area contributed by atoms with Gasteiger partial charge in [0.25, 0.3) is 5.91 Å². The molecule has 1 aliphatic rings. The maximum Gasteiger partial charge on any atom is 0.297 e. The van der Waals surface area contributed by atoms with Crippen molar-refractivity contribution < 1.29 is 23.9 Å². The number of ketones is 2. The lowest BCUT2D eigenvalue weighted by Gasteiger charge is -2.26. The molecule has 2 heterocycles. The van der Waals surface area contributed by atoms with Crippen molar-refractivity contribution in [2.75, 3.05) is 19.1 Å². The molecule has 29 heavy (non-hydrogen) atoms. The summed E-state index contributed by atoms with van der Waals surface area (Å²) in [5.41, 5.74) is 1.27. The summed E-state index contributed by atoms with van der Waals surface area (Å²) >= 11 is 1.30. The zero-order valence-corrected chi connectivity index (χ0v) is 16.9. The molecule has 2 aromatic carbocycles. The quantitative estimate of drug-likeness (QED) is 0.474. The first-order valence-electron chi connectivity index (χ1n) is 8.91. The van der Waals surface area contributed by atoms with Crippen LogP contribution in [-0.4, -0.2) is 36.7 Å². The zero-order chi connectivity index (χ0) is 20.7. The molecule has 148 valence electrons. The lowest BCUT2D eigenvalue weighted by atomic mass is 9.89. The van der Waals surface area contributed by atoms with Crippen LogP contribution >= 0.6 is 11.3 Å². The molecule has 1 saturated heterocycles. The van der Waals surface area contributed by atoms with Gasteiger partial charge in [0.15, 0.2) is 5.13 Å². The van der Waals surface area contributed by atoms with E-state index in [0.29, 0.717) is 22.2 Å². The van der Waals surface area contributed by atoms with Crippen molar-refractivity contribution in [2.45, 2.75) is 13.0 Å². The largest absolute Gasteiger partial charge is 0.497 e. The van der Waals surface area contributed by atoms with E-state index in [4.69, 9.17) is 9.47 Å². The highest BCUT2D eigenvalue weighted by molar-refractivity contribution is 7.22. The fourth-order valence-electron chi connectivity index (χ4n) is 3.63. The van der Waals surface area contributed by atoms with Crippen molar-refractivity contribution in [3.63, 3.8) is 0 Å². The standard InChI is InChI=1S/C21H18N2O5S/c1-11(24)17-18(13-9-8-12(27-2)10-15(13)28-3)23(20(26)19(17)25)21-22-14-6-4-5-7-16(14)29-21/h4-10,17-18H,1-3H3. The number of anilines is 1. The van der Waals surface area contributed by atoms with E-state index in [9.17, 15) is 14.4 Å². The molecule has 1 aliphatic heterocycles. The third kappa shape index (κ3) is 3.05. The predicted molar refractivity (Wildman–Crippen MR) is 109 cm³/mol. The second-order valence-electron chi connectivity index (χ2n) is 6.64. The van der Waals surface area contributed by atoms with E-state index in [-0.39, 0.29) is 5.78 Å². The minimum atomic E-state index is -1.13. The van der Waals surface area contributed by atoms with E-state index in [1.54, 1.807) is 18.2 Å². The normalized spacial score (nSPS) is 19.1. The highest BCUT2D eigenvalue weighted by Gasteiger charge is 2.52. The van der Waals surface area contributed by atoms with Gasteiger partial charge in [-0.25, -0.2) is 4.98 Å². The van der Waals surface area contributed by atoms with Crippen LogP contribution in [-0.2, 0) is 14.4 Å². The summed E-state index contributed by atoms with van der Waals surface area (Å²) in [5.74, 6) is -2.00. The minimum absolute atomic E-state index is 0.371. The molecule has 2 unspecified atom stereocenters. The molecule has 0 bridgehead atoms. The van der Waals surface area contributed by atoms with Crippen molar-refractivity contribution in [2.24, 2.45) is 5.92 Å². The first-order chi connectivity index (χ1) is 14.0. The fourth-order valence-corrected chi connectivity index (χ4v) is 4.63. The SMILES string of the molecule is COc1ccc(C2C(C(C)=O)C(=O)C(=O)N2c2nc3ccccc3s2)c(OC)c1. The van der Waals surface area contributed by atoms with Crippen LogP contribution in [0.25, 0.3) is 10.2 Å². The summed E-state index contributed by atoms with van der Waals surface area (Å²) in [6.45, 7) is 1.32. The number of aromatic nitrogens is 1. The lowest BCUT2D eigenvalue weighted by molar-refractivity contribution is -0.138. The van der Waals surface area contributed by atoms with Crippen LogP contribution in [0, 0.1) is 5.92 Å². The van der Waals surface area contributed by atoms with Crippen LogP contribution in [0.5, 0.6) is 11.5 Å². The molecule has 0 saturated carbocycles. The minimum Gasteiger partial charge on any atom is -0.497 e. The maximum atomic E-state index is 12.9. The topological polar surface area (TPSA) is 85.8 Å². The van der Waals surface area contributed by atoms with Gasteiger partial charge >= 0.3 is 0 Å². The second kappa shape index (κ2) is 7.29. The Hall–Kier alpha value is -3.26. The first-order valence-corrected chi connectivity index (χ1v) is 9.73. The van der Waals surface area contributed by atoms with E-state index in [1.807, 2.05) is 24.3 Å². The number of methoxy groups -OCH3 is 2. The Kier molecular flexibility index (Phi) is 4.79. The number of rotatable bonds is 5. The number of fused-ring (bicyclic) bond motifs is 1. The van der Waals surface area contributed by atoms with Crippen molar-refractivity contribution in [1.29, 1.82) is 0 Å². The van der Waals surface area contributed by atoms with Gasteiger partial charge in [-0.05, 0) is 31.2 Å². The van der Waals surface area contributed by atoms with Crippen LogP contribution in [0.1, 0.15) is 18.5 Å². The summed E-state index contributed by atoms with van der Waals surface area (Å²) in [7, 11) is 3.02. The Morgan fingerprint density at radius 1 is 1.10 bits per heavy atom. The summed E-state index contributed by atoms with van der Waals surface area (Å²) in [6.07, 6.45) is 0. The van der Waals surface area contributed by atoms with E-state index in [1.165, 1.54) is 37.4 Å². The van der Waals surface area contributed by atoms with E-state index >= 15 is 0 Å². The van der Waals surface area contributed by atoms with E-state index in [2.05, 4.69) is 4.98 Å². The Morgan fingerprint density at radius 2 is 1.86 bits per heavy atom. The number of para-hydroxylation sites is 1. The molecule has 4 rings (SSSR count). The lowest BCUT2D eigenvalue weighted by Crippen LogP contribution is -2.30. The van der Waals surface area contributed by atoms with Crippen LogP contribution < -0.4 is 14.4 Å². The smallest absolute Gasteiger partial charge is 0.297 e. The molecule has 1 aromatic heterocycles. The van der Waals surface area contributed by atoms with E-state index < -0.39 is 23.7 Å². The van der Waals surface area contributed by atoms with Crippen molar-refractivity contribution in [3.05, 3.63) is 48.0 Å². The average molecular weight is 410 g/mol. The molecule has 0 N–H and O–H groups in total. The number of carbonyl (C=O) groups is 3. The summed E-state index contributed by atoms with van der Waals surface area (Å²) in [4.78, 5) is 43.9. The van der Waals surface area contributed by atoms with Crippen molar-refractivity contribution >= 4 is 44.2 Å². The van der Waals surface area contributed by atoms with Crippen LogP contribution in [0.4, 0.5) is 5.13 Å². The molecule has 0 aliphatic carbocycles. The number of hydrogen-bond acceptors (Lipinski definition) is 7. The molecule has 1 fully saturated rings. The van der Waals surface area contributed by atoms with Crippen molar-refractivity contribution in [3.8, 4) is 11.5 Å². The monoisotopic (exact) mass is 410 g/mol. The Morgan fingerprint density at radius 3 is 2.52 bits per heavy atom. The molecule has 8 heteroatoms. The third-order valence-electron chi connectivity index (χ3n) is 4.99. The number of nitrogens with zero attached hydrogens (tertiary/aromatic N) is 2. The number of carbonyl (C=O) groups excluding carboxylic acids is 3. The summed E-state index contributed by atoms with van der Waals surface area (Å²) in [5, 5.41) is 0.371. The van der Waals surface area contributed by atoms with E-state index in [0.717, 1.165) is 10.2 Å². The van der Waals surface area contributed by atoms with Gasteiger partial charge < -0.3 is 9.47 Å². The summed E-state index contributed by atoms with van der Waals surface area (Å²) in [6, 6.07) is 11.7. The van der Waals surface area contributed by atoms with Gasteiger partial charge in [0.05, 0.1) is 30.5 Å². The Labute approximate surface area is 170 Å². The Balaban J connectivity index is 1.92. The van der Waals surface area contributed by atoms with Crippen LogP contribution in [0.3, 0.4) is 0 Å². The van der Waals surface area contributed by atoms with Gasteiger partial charge in [0, 0.05) is 11.6 Å². The van der Waals surface area contributed by atoms with Gasteiger partial charge in [0.1, 0.15) is 23.2 Å². The first kappa shape index (κ1) is 19.1. The molecule has 2 atom stereocenters. The maximum absolute atomic E-state index is 12.9. The fraction of sp³-hybridized carbons (Fsp3) is 0.238. The molecule has 1 amide bonds. The zero-order valence-electron chi connectivity index (χ0n) is 16.0. The number of Topliss-reactive ketones (excluding diaryl/α,β-unsaturated/α-hetero) is 2. The van der Waals surface area contributed by atoms with Gasteiger partial charge in [-0.1, -0.05) is 23.5 Å². The van der Waals surface area contributed by atoms with Gasteiger partial charge in [-0.2, -0.15) is 0 Å². The van der Waals surface area contributed by atoms with Gasteiger partial charge in [-0.15, -0.1) is 0 Å². The van der Waals surface area contributed by atoms with Crippen LogP contribution in [0.2, 0.25) is 0 Å². The number of ether oxygens (including phenoxy) is 2. The predicted octanol–water partition coefficient (Wildman–Crippen LogP) is 3.18. The molecular weight excluding hydrogens is 392 g/mol. The third-order valence-corrected chi connectivity index (χ3v) is 6.03.